The molecule has 0 radical (unpaired) electrons. The maximum atomic E-state index is 13.5. The van der Waals surface area contributed by atoms with Gasteiger partial charge < -0.3 is 20.3 Å². The quantitative estimate of drug-likeness (QED) is 0.448. The van der Waals surface area contributed by atoms with Gasteiger partial charge in [0.25, 0.3) is 0 Å². The first-order valence-corrected chi connectivity index (χ1v) is 11.2. The van der Waals surface area contributed by atoms with Gasteiger partial charge in [-0.15, -0.1) is 0 Å². The van der Waals surface area contributed by atoms with Crippen LogP contribution in [0.5, 0.6) is 5.75 Å². The van der Waals surface area contributed by atoms with E-state index in [1.807, 2.05) is 17.0 Å². The third-order valence-corrected chi connectivity index (χ3v) is 5.92. The van der Waals surface area contributed by atoms with Crippen molar-refractivity contribution in [3.63, 3.8) is 0 Å². The number of aromatic nitrogens is 1. The molecule has 174 valence electrons. The topological polar surface area (TPSA) is 66.5 Å². The molecule has 0 aliphatic carbocycles. The van der Waals surface area contributed by atoms with E-state index in [-0.39, 0.29) is 10.9 Å². The highest BCUT2D eigenvalue weighted by atomic mass is 35.5. The normalized spacial score (nSPS) is 16.2. The van der Waals surface area contributed by atoms with Crippen LogP contribution >= 0.6 is 11.6 Å². The van der Waals surface area contributed by atoms with Crippen molar-refractivity contribution in [2.24, 2.45) is 0 Å². The fourth-order valence-corrected chi connectivity index (χ4v) is 4.12. The maximum absolute atomic E-state index is 13.5. The van der Waals surface area contributed by atoms with Crippen LogP contribution < -0.4 is 15.4 Å². The Kier molecular flexibility index (Phi) is 7.25. The minimum atomic E-state index is -0.761. The third-order valence-electron chi connectivity index (χ3n) is 5.63. The van der Waals surface area contributed by atoms with Crippen LogP contribution in [0.1, 0.15) is 19.3 Å². The Morgan fingerprint density at radius 2 is 2.15 bits per heavy atom. The lowest BCUT2D eigenvalue weighted by Gasteiger charge is -2.16. The molecule has 33 heavy (non-hydrogen) atoms. The summed E-state index contributed by atoms with van der Waals surface area (Å²) >= 11 is 5.89. The van der Waals surface area contributed by atoms with Crippen LogP contribution in [0.25, 0.3) is 10.8 Å². The summed E-state index contributed by atoms with van der Waals surface area (Å²) in [4.78, 5) is 19.0. The van der Waals surface area contributed by atoms with Crippen molar-refractivity contribution in [2.75, 3.05) is 37.4 Å². The van der Waals surface area contributed by atoms with E-state index in [9.17, 15) is 13.6 Å². The van der Waals surface area contributed by atoms with Gasteiger partial charge in [-0.05, 0) is 61.2 Å². The molecule has 0 unspecified atom stereocenters. The number of rotatable bonds is 8. The Bertz CT molecular complexity index is 1160. The molecule has 4 rings (SSSR count). The molecule has 0 spiro atoms. The number of ether oxygens (including phenoxy) is 1. The molecule has 1 amide bonds. The maximum Gasteiger partial charge on any atom is 0.224 e. The van der Waals surface area contributed by atoms with E-state index in [0.717, 1.165) is 17.3 Å². The Labute approximate surface area is 195 Å². The van der Waals surface area contributed by atoms with E-state index in [0.29, 0.717) is 55.3 Å². The van der Waals surface area contributed by atoms with Gasteiger partial charge in [0.15, 0.2) is 0 Å². The zero-order valence-corrected chi connectivity index (χ0v) is 19.0. The Hall–Kier alpha value is -2.97. The van der Waals surface area contributed by atoms with E-state index >= 15 is 0 Å². The fourth-order valence-electron chi connectivity index (χ4n) is 3.94. The van der Waals surface area contributed by atoms with Crippen LogP contribution in [0.4, 0.5) is 26.0 Å². The van der Waals surface area contributed by atoms with E-state index in [4.69, 9.17) is 16.3 Å². The molecule has 2 aromatic carbocycles. The predicted octanol–water partition coefficient (Wildman–Crippen LogP) is 5.54. The Morgan fingerprint density at radius 1 is 1.30 bits per heavy atom. The molecule has 3 aromatic rings. The highest BCUT2D eigenvalue weighted by Crippen LogP contribution is 2.34. The van der Waals surface area contributed by atoms with Gasteiger partial charge in [0.05, 0.1) is 17.8 Å². The van der Waals surface area contributed by atoms with E-state index in [1.54, 1.807) is 25.4 Å². The van der Waals surface area contributed by atoms with E-state index in [2.05, 4.69) is 15.6 Å². The molecule has 0 saturated carbocycles. The van der Waals surface area contributed by atoms with Gasteiger partial charge in [0.1, 0.15) is 23.6 Å². The van der Waals surface area contributed by atoms with Crippen molar-refractivity contribution in [3.05, 3.63) is 53.4 Å². The second-order valence-corrected chi connectivity index (χ2v) is 8.43. The van der Waals surface area contributed by atoms with Crippen LogP contribution in [0.3, 0.4) is 0 Å². The number of hydrogen-bond donors (Lipinski definition) is 2. The third kappa shape index (κ3) is 5.69. The number of halogens is 3. The zero-order valence-electron chi connectivity index (χ0n) is 18.2. The summed E-state index contributed by atoms with van der Waals surface area (Å²) in [6.45, 7) is 1.88. The lowest BCUT2D eigenvalue weighted by atomic mass is 10.1. The molecule has 1 aromatic heterocycles. The number of fused-ring (bicyclic) bond motifs is 1. The molecule has 1 aliphatic heterocycles. The number of nitrogens with zero attached hydrogens (tertiary/aromatic N) is 2. The minimum Gasteiger partial charge on any atom is -0.495 e. The first-order valence-electron chi connectivity index (χ1n) is 10.8. The summed E-state index contributed by atoms with van der Waals surface area (Å²) < 4.78 is 32.3. The van der Waals surface area contributed by atoms with Gasteiger partial charge in [-0.25, -0.2) is 13.8 Å². The SMILES string of the molecule is COc1cc2ccnc(Nc3ccc(F)c(Cl)c3)c2cc1NC(=O)CCCN1CC[C@H](F)C1. The van der Waals surface area contributed by atoms with Gasteiger partial charge in [0.2, 0.25) is 5.91 Å². The number of likely N-dealkylation sites (tertiary alicyclic amines) is 1. The van der Waals surface area contributed by atoms with Gasteiger partial charge >= 0.3 is 0 Å². The lowest BCUT2D eigenvalue weighted by Crippen LogP contribution is -2.23. The zero-order chi connectivity index (χ0) is 23.4. The molecular weight excluding hydrogens is 450 g/mol. The number of pyridine rings is 1. The van der Waals surface area contributed by atoms with Crippen molar-refractivity contribution in [2.45, 2.75) is 25.4 Å². The average Bonchev–Trinajstić information content (AvgIpc) is 3.21. The number of hydrogen-bond acceptors (Lipinski definition) is 5. The molecule has 1 fully saturated rings. The Balaban J connectivity index is 1.50. The van der Waals surface area contributed by atoms with Gasteiger partial charge in [0, 0.05) is 36.8 Å². The summed E-state index contributed by atoms with van der Waals surface area (Å²) in [6, 6.07) is 9.77. The van der Waals surface area contributed by atoms with Gasteiger partial charge in [-0.3, -0.25) is 4.79 Å². The predicted molar refractivity (Wildman–Crippen MR) is 127 cm³/mol. The second-order valence-electron chi connectivity index (χ2n) is 8.03. The molecule has 6 nitrogen and oxygen atoms in total. The summed E-state index contributed by atoms with van der Waals surface area (Å²) in [6.07, 6.45) is 2.42. The number of nitrogens with one attached hydrogen (secondary N) is 2. The van der Waals surface area contributed by atoms with E-state index < -0.39 is 12.0 Å². The minimum absolute atomic E-state index is 0.00539. The monoisotopic (exact) mass is 474 g/mol. The molecule has 9 heteroatoms. The summed E-state index contributed by atoms with van der Waals surface area (Å²) in [5.74, 6) is 0.408. The second kappa shape index (κ2) is 10.3. The molecule has 2 heterocycles. The summed E-state index contributed by atoms with van der Waals surface area (Å²) in [5.41, 5.74) is 1.11. The van der Waals surface area contributed by atoms with Crippen LogP contribution in [0.15, 0.2) is 42.6 Å². The first-order chi connectivity index (χ1) is 15.9. The summed E-state index contributed by atoms with van der Waals surface area (Å²) in [7, 11) is 1.54. The summed E-state index contributed by atoms with van der Waals surface area (Å²) in [5, 5.41) is 7.67. The van der Waals surface area contributed by atoms with Gasteiger partial charge in [-0.2, -0.15) is 0 Å². The standard InChI is InChI=1S/C24H25ClF2N4O2/c1-33-22-11-15-6-8-28-24(29-17-4-5-20(27)19(25)12-17)18(15)13-21(22)30-23(32)3-2-9-31-10-7-16(26)14-31/h4-6,8,11-13,16H,2-3,7,9-10,14H2,1H3,(H,28,29)(H,30,32)/t16-/m0/s1. The molecular formula is C24H25ClF2N4O2. The number of methoxy groups -OCH3 is 1. The number of amides is 1. The molecule has 2 N–H and O–H groups in total. The first kappa shape index (κ1) is 23.2. The van der Waals surface area contributed by atoms with Crippen molar-refractivity contribution in [1.82, 2.24) is 9.88 Å². The lowest BCUT2D eigenvalue weighted by molar-refractivity contribution is -0.116. The van der Waals surface area contributed by atoms with Gasteiger partial charge in [-0.1, -0.05) is 11.6 Å². The van der Waals surface area contributed by atoms with Crippen LogP contribution in [0, 0.1) is 5.82 Å². The van der Waals surface area contributed by atoms with Crippen molar-refractivity contribution < 1.29 is 18.3 Å². The highest BCUT2D eigenvalue weighted by molar-refractivity contribution is 6.31. The highest BCUT2D eigenvalue weighted by Gasteiger charge is 2.21. The number of anilines is 3. The molecule has 1 saturated heterocycles. The molecule has 1 atom stereocenters. The number of carbonyl (C=O) groups excluding carboxylic acids is 1. The largest absolute Gasteiger partial charge is 0.495 e. The molecule has 1 aliphatic rings. The van der Waals surface area contributed by atoms with Crippen LogP contribution in [-0.4, -0.2) is 48.7 Å². The number of alkyl halides is 1. The fraction of sp³-hybridized carbons (Fsp3) is 0.333. The average molecular weight is 475 g/mol. The Morgan fingerprint density at radius 3 is 2.88 bits per heavy atom. The van der Waals surface area contributed by atoms with Crippen molar-refractivity contribution in [3.8, 4) is 5.75 Å². The number of carbonyl (C=O) groups is 1. The smallest absolute Gasteiger partial charge is 0.224 e. The molecule has 0 bridgehead atoms. The van der Waals surface area contributed by atoms with Crippen molar-refractivity contribution in [1.29, 1.82) is 0 Å². The van der Waals surface area contributed by atoms with Crippen LogP contribution in [-0.2, 0) is 4.79 Å². The number of benzene rings is 2. The van der Waals surface area contributed by atoms with Crippen LogP contribution in [0.2, 0.25) is 5.02 Å². The van der Waals surface area contributed by atoms with Crippen molar-refractivity contribution >= 4 is 45.5 Å². The van der Waals surface area contributed by atoms with E-state index in [1.165, 1.54) is 12.1 Å².